The Morgan fingerprint density at radius 2 is 1.58 bits per heavy atom. The zero-order chi connectivity index (χ0) is 9.30. The van der Waals surface area contributed by atoms with Crippen molar-refractivity contribution in [2.24, 2.45) is 0 Å². The summed E-state index contributed by atoms with van der Waals surface area (Å²) in [4.78, 5) is 0. The van der Waals surface area contributed by atoms with E-state index in [1.807, 2.05) is 13.8 Å². The number of phenols is 1. The Bertz CT molecular complexity index is 272. The highest BCUT2D eigenvalue weighted by Gasteiger charge is 2.04. The number of hydrogen-bond acceptors (Lipinski definition) is 1. The first-order chi connectivity index (χ1) is 5.52. The molecule has 12 heavy (non-hydrogen) atoms. The smallest absolute Gasteiger partial charge is 0.118 e. The highest BCUT2D eigenvalue weighted by molar-refractivity contribution is 6.41. The van der Waals surface area contributed by atoms with E-state index in [1.165, 1.54) is 0 Å². The molecule has 4 radical (unpaired) electrons. The van der Waals surface area contributed by atoms with Crippen molar-refractivity contribution in [3.63, 3.8) is 0 Å². The molecule has 0 saturated carbocycles. The molecule has 1 aromatic carbocycles. The predicted octanol–water partition coefficient (Wildman–Crippen LogP) is 0.103. The van der Waals surface area contributed by atoms with Crippen LogP contribution in [0.25, 0.3) is 0 Å². The minimum Gasteiger partial charge on any atom is -0.509 e. The Hall–Kier alpha value is -0.850. The Kier molecular flexibility index (Phi) is 2.51. The Morgan fingerprint density at radius 3 is 1.92 bits per heavy atom. The summed E-state index contributed by atoms with van der Waals surface area (Å²) in [5.41, 5.74) is 1.74. The van der Waals surface area contributed by atoms with Crippen molar-refractivity contribution < 1.29 is 5.11 Å². The fourth-order valence-electron chi connectivity index (χ4n) is 1.04. The summed E-state index contributed by atoms with van der Waals surface area (Å²) in [5.74, 6) is 0.356. The lowest BCUT2D eigenvalue weighted by molar-refractivity contribution is 0.483. The van der Waals surface area contributed by atoms with Gasteiger partial charge >= 0.3 is 0 Å². The molecular weight excluding hydrogens is 146 g/mol. The van der Waals surface area contributed by atoms with E-state index in [2.05, 4.69) is 0 Å². The summed E-state index contributed by atoms with van der Waals surface area (Å²) in [6.07, 6.45) is 0. The molecule has 0 unspecified atom stereocenters. The number of benzene rings is 1. The Labute approximate surface area is 75.6 Å². The van der Waals surface area contributed by atoms with Crippen molar-refractivity contribution in [2.75, 3.05) is 0 Å². The molecule has 0 spiro atoms. The first-order valence-electron chi connectivity index (χ1n) is 3.90. The van der Waals surface area contributed by atoms with Crippen LogP contribution < -0.4 is 10.9 Å². The van der Waals surface area contributed by atoms with E-state index < -0.39 is 0 Å². The van der Waals surface area contributed by atoms with E-state index in [1.54, 1.807) is 12.1 Å². The third kappa shape index (κ3) is 1.66. The Balaban J connectivity index is 3.21. The maximum absolute atomic E-state index is 9.26. The van der Waals surface area contributed by atoms with Gasteiger partial charge in [0.15, 0.2) is 0 Å². The molecule has 0 atom stereocenters. The normalized spacial score (nSPS) is 10.6. The summed E-state index contributed by atoms with van der Waals surface area (Å²) < 4.78 is 0. The summed E-state index contributed by atoms with van der Waals surface area (Å²) in [6.45, 7) is 4.09. The largest absolute Gasteiger partial charge is 0.509 e. The van der Waals surface area contributed by atoms with Gasteiger partial charge in [-0.3, -0.25) is 0 Å². The lowest BCUT2D eigenvalue weighted by atomic mass is 9.82. The molecule has 0 aromatic heterocycles. The molecular formula is C9H10B2O. The van der Waals surface area contributed by atoms with Crippen LogP contribution >= 0.6 is 0 Å². The summed E-state index contributed by atoms with van der Waals surface area (Å²) in [5, 5.41) is 9.26. The van der Waals surface area contributed by atoms with E-state index in [4.69, 9.17) is 15.7 Å². The van der Waals surface area contributed by atoms with Gasteiger partial charge in [-0.25, -0.2) is 0 Å². The second-order valence-electron chi connectivity index (χ2n) is 3.20. The minimum atomic E-state index is -0.0144. The van der Waals surface area contributed by atoms with Crippen LogP contribution in [-0.4, -0.2) is 20.8 Å². The molecule has 0 heterocycles. The standard InChI is InChI=1S/C9H10B2O/c1-5(2)6-3-7(10)9(12)8(11)4-6/h3-5,12H,1-2H3. The fourth-order valence-corrected chi connectivity index (χ4v) is 1.04. The van der Waals surface area contributed by atoms with Crippen LogP contribution in [-0.2, 0) is 0 Å². The van der Waals surface area contributed by atoms with E-state index in [0.717, 1.165) is 5.56 Å². The first kappa shape index (κ1) is 9.24. The number of hydrogen-bond donors (Lipinski definition) is 1. The van der Waals surface area contributed by atoms with Crippen molar-refractivity contribution in [3.8, 4) is 5.75 Å². The predicted molar refractivity (Wildman–Crippen MR) is 53.0 cm³/mol. The van der Waals surface area contributed by atoms with Crippen molar-refractivity contribution >= 4 is 26.6 Å². The average molecular weight is 156 g/mol. The van der Waals surface area contributed by atoms with E-state index in [-0.39, 0.29) is 5.75 Å². The van der Waals surface area contributed by atoms with Gasteiger partial charge in [0.05, 0.1) is 0 Å². The highest BCUT2D eigenvalue weighted by atomic mass is 16.3. The highest BCUT2D eigenvalue weighted by Crippen LogP contribution is 2.13. The van der Waals surface area contributed by atoms with Crippen molar-refractivity contribution in [3.05, 3.63) is 17.7 Å². The van der Waals surface area contributed by atoms with Crippen LogP contribution in [0, 0.1) is 0 Å². The van der Waals surface area contributed by atoms with Gasteiger partial charge in [-0.1, -0.05) is 36.9 Å². The zero-order valence-corrected chi connectivity index (χ0v) is 7.33. The zero-order valence-electron chi connectivity index (χ0n) is 7.33. The summed E-state index contributed by atoms with van der Waals surface area (Å²) in [6, 6.07) is 3.49. The Morgan fingerprint density at radius 1 is 1.17 bits per heavy atom. The maximum atomic E-state index is 9.26. The monoisotopic (exact) mass is 156 g/mol. The minimum absolute atomic E-state index is 0.0144. The topological polar surface area (TPSA) is 20.2 Å². The molecule has 0 aliphatic carbocycles. The maximum Gasteiger partial charge on any atom is 0.118 e. The van der Waals surface area contributed by atoms with Crippen molar-refractivity contribution in [1.82, 2.24) is 0 Å². The third-order valence-electron chi connectivity index (χ3n) is 1.86. The molecule has 1 rings (SSSR count). The van der Waals surface area contributed by atoms with Gasteiger partial charge in [0.25, 0.3) is 0 Å². The molecule has 58 valence electrons. The quantitative estimate of drug-likeness (QED) is 0.571. The molecule has 0 aliphatic rings. The van der Waals surface area contributed by atoms with Crippen LogP contribution in [0.5, 0.6) is 5.75 Å². The lowest BCUT2D eigenvalue weighted by Gasteiger charge is -2.10. The molecule has 1 nitrogen and oxygen atoms in total. The summed E-state index contributed by atoms with van der Waals surface area (Å²) in [7, 11) is 11.1. The number of phenolic OH excluding ortho intramolecular Hbond substituents is 1. The SMILES string of the molecule is [B]c1cc(C(C)C)cc([B])c1O. The molecule has 0 amide bonds. The van der Waals surface area contributed by atoms with E-state index >= 15 is 0 Å². The van der Waals surface area contributed by atoms with Gasteiger partial charge in [-0.05, 0) is 11.5 Å². The number of rotatable bonds is 1. The third-order valence-corrected chi connectivity index (χ3v) is 1.86. The van der Waals surface area contributed by atoms with E-state index in [9.17, 15) is 5.11 Å². The van der Waals surface area contributed by atoms with Crippen LogP contribution in [0.1, 0.15) is 25.3 Å². The van der Waals surface area contributed by atoms with Gasteiger partial charge in [-0.2, -0.15) is 0 Å². The lowest BCUT2D eigenvalue weighted by Crippen LogP contribution is -2.16. The van der Waals surface area contributed by atoms with Gasteiger partial charge < -0.3 is 5.11 Å². The number of aromatic hydroxyl groups is 1. The van der Waals surface area contributed by atoms with Crippen LogP contribution in [0.15, 0.2) is 12.1 Å². The summed E-state index contributed by atoms with van der Waals surface area (Å²) >= 11 is 0. The fraction of sp³-hybridized carbons (Fsp3) is 0.333. The first-order valence-corrected chi connectivity index (χ1v) is 3.90. The molecule has 0 bridgehead atoms. The molecule has 0 saturated heterocycles. The van der Waals surface area contributed by atoms with Gasteiger partial charge in [0.1, 0.15) is 21.4 Å². The molecule has 3 heteroatoms. The van der Waals surface area contributed by atoms with E-state index in [0.29, 0.717) is 16.8 Å². The van der Waals surface area contributed by atoms with Crippen molar-refractivity contribution in [2.45, 2.75) is 19.8 Å². The molecule has 1 N–H and O–H groups in total. The molecule has 1 aromatic rings. The van der Waals surface area contributed by atoms with Crippen molar-refractivity contribution in [1.29, 1.82) is 0 Å². The molecule has 0 aliphatic heterocycles. The van der Waals surface area contributed by atoms with Gasteiger partial charge in [0, 0.05) is 0 Å². The van der Waals surface area contributed by atoms with Crippen LogP contribution in [0.3, 0.4) is 0 Å². The van der Waals surface area contributed by atoms with Gasteiger partial charge in [0.2, 0.25) is 0 Å². The second-order valence-corrected chi connectivity index (χ2v) is 3.20. The van der Waals surface area contributed by atoms with Gasteiger partial charge in [-0.15, -0.1) is 0 Å². The van der Waals surface area contributed by atoms with Crippen LogP contribution in [0.2, 0.25) is 0 Å². The molecule has 0 fully saturated rings. The average Bonchev–Trinajstić information content (AvgIpc) is 1.99. The second kappa shape index (κ2) is 3.26. The van der Waals surface area contributed by atoms with Crippen LogP contribution in [0.4, 0.5) is 0 Å².